The van der Waals surface area contributed by atoms with Crippen molar-refractivity contribution in [2.75, 3.05) is 0 Å². The van der Waals surface area contributed by atoms with E-state index >= 15 is 0 Å². The Balaban J connectivity index is 1.79. The summed E-state index contributed by atoms with van der Waals surface area (Å²) < 4.78 is 0. The molecule has 24 heavy (non-hydrogen) atoms. The highest BCUT2D eigenvalue weighted by molar-refractivity contribution is 5.96. The Bertz CT molecular complexity index is 829. The van der Waals surface area contributed by atoms with E-state index in [2.05, 4.69) is 67.7 Å². The lowest BCUT2D eigenvalue weighted by Gasteiger charge is -2.34. The second-order valence-electron chi connectivity index (χ2n) is 7.59. The molecule has 0 atom stereocenters. The molecule has 0 bridgehead atoms. The average Bonchev–Trinajstić information content (AvgIpc) is 2.63. The number of rotatable bonds is 3. The lowest BCUT2D eigenvalue weighted by molar-refractivity contribution is 0.215. The molecule has 1 aromatic heterocycles. The van der Waals surface area contributed by atoms with Gasteiger partial charge in [0.1, 0.15) is 0 Å². The minimum absolute atomic E-state index is 0.441. The van der Waals surface area contributed by atoms with Crippen molar-refractivity contribution in [1.82, 2.24) is 4.98 Å². The molecule has 0 amide bonds. The molecule has 1 heteroatoms. The van der Waals surface area contributed by atoms with Gasteiger partial charge in [-0.1, -0.05) is 80.8 Å². The van der Waals surface area contributed by atoms with Crippen LogP contribution >= 0.6 is 0 Å². The maximum absolute atomic E-state index is 4.87. The smallest absolute Gasteiger partial charge is 0.0780 e. The normalized spacial score (nSPS) is 17.0. The number of hydrogen-bond donors (Lipinski definition) is 0. The predicted molar refractivity (Wildman–Crippen MR) is 102 cm³/mol. The lowest BCUT2D eigenvalue weighted by Crippen LogP contribution is -2.23. The highest BCUT2D eigenvalue weighted by atomic mass is 14.7. The molecule has 1 aliphatic carbocycles. The molecule has 122 valence electrons. The Labute approximate surface area is 144 Å². The van der Waals surface area contributed by atoms with Crippen LogP contribution in [-0.4, -0.2) is 4.98 Å². The van der Waals surface area contributed by atoms with Crippen molar-refractivity contribution in [3.63, 3.8) is 0 Å². The zero-order chi connectivity index (χ0) is 16.4. The maximum Gasteiger partial charge on any atom is 0.0780 e. The van der Waals surface area contributed by atoms with E-state index in [1.807, 2.05) is 0 Å². The van der Waals surface area contributed by atoms with E-state index in [0.29, 0.717) is 5.41 Å². The van der Waals surface area contributed by atoms with Gasteiger partial charge in [0, 0.05) is 17.1 Å². The van der Waals surface area contributed by atoms with Gasteiger partial charge in [-0.15, -0.1) is 0 Å². The van der Waals surface area contributed by atoms with Gasteiger partial charge in [0.05, 0.1) is 5.69 Å². The third-order valence-corrected chi connectivity index (χ3v) is 5.60. The number of aromatic nitrogens is 1. The van der Waals surface area contributed by atoms with Gasteiger partial charge in [-0.3, -0.25) is 4.98 Å². The van der Waals surface area contributed by atoms with Crippen molar-refractivity contribution in [2.45, 2.75) is 45.4 Å². The van der Waals surface area contributed by atoms with Crippen LogP contribution in [0.4, 0.5) is 0 Å². The first-order valence-electron chi connectivity index (χ1n) is 9.17. The molecule has 0 unspecified atom stereocenters. The molecule has 0 aliphatic heterocycles. The molecule has 0 saturated heterocycles. The summed E-state index contributed by atoms with van der Waals surface area (Å²) in [5.41, 5.74) is 4.15. The van der Waals surface area contributed by atoms with Crippen molar-refractivity contribution < 1.29 is 0 Å². The average molecular weight is 315 g/mol. The Kier molecular flexibility index (Phi) is 4.10. The molecular weight excluding hydrogens is 290 g/mol. The molecule has 0 spiro atoms. The van der Waals surface area contributed by atoms with Gasteiger partial charge in [0.2, 0.25) is 0 Å². The van der Waals surface area contributed by atoms with Crippen LogP contribution in [0, 0.1) is 5.41 Å². The van der Waals surface area contributed by atoms with Gasteiger partial charge in [-0.2, -0.15) is 0 Å². The Morgan fingerprint density at radius 2 is 1.50 bits per heavy atom. The Morgan fingerprint density at radius 1 is 0.833 bits per heavy atom. The minimum Gasteiger partial charge on any atom is -0.255 e. The molecule has 0 N–H and O–H groups in total. The van der Waals surface area contributed by atoms with E-state index in [1.54, 1.807) is 0 Å². The van der Waals surface area contributed by atoms with Gasteiger partial charge in [-0.05, 0) is 35.6 Å². The zero-order valence-corrected chi connectivity index (χ0v) is 14.5. The van der Waals surface area contributed by atoms with Crippen LogP contribution in [0.2, 0.25) is 0 Å². The summed E-state index contributed by atoms with van der Waals surface area (Å²) in [6, 6.07) is 19.3. The number of nitrogens with zero attached hydrogens (tertiary/aromatic N) is 1. The maximum atomic E-state index is 4.87. The Morgan fingerprint density at radius 3 is 2.25 bits per heavy atom. The lowest BCUT2D eigenvalue weighted by atomic mass is 9.71. The van der Waals surface area contributed by atoms with Gasteiger partial charge < -0.3 is 0 Å². The summed E-state index contributed by atoms with van der Waals surface area (Å²) in [4.78, 5) is 4.87. The Hall–Kier alpha value is -2.15. The topological polar surface area (TPSA) is 12.9 Å². The van der Waals surface area contributed by atoms with Gasteiger partial charge in [-0.25, -0.2) is 0 Å². The summed E-state index contributed by atoms with van der Waals surface area (Å²) in [5.74, 6) is 0. The van der Waals surface area contributed by atoms with E-state index in [0.717, 1.165) is 12.1 Å². The second-order valence-corrected chi connectivity index (χ2v) is 7.59. The first-order valence-corrected chi connectivity index (χ1v) is 9.17. The molecule has 1 aliphatic rings. The van der Waals surface area contributed by atoms with Crippen molar-refractivity contribution in [3.8, 4) is 11.3 Å². The van der Waals surface area contributed by atoms with E-state index in [9.17, 15) is 0 Å². The van der Waals surface area contributed by atoms with Crippen molar-refractivity contribution >= 4 is 10.8 Å². The van der Waals surface area contributed by atoms with Crippen LogP contribution in [0.15, 0.2) is 60.8 Å². The summed E-state index contributed by atoms with van der Waals surface area (Å²) in [7, 11) is 0. The highest BCUT2D eigenvalue weighted by Gasteiger charge is 2.27. The fourth-order valence-corrected chi connectivity index (χ4v) is 4.26. The second kappa shape index (κ2) is 6.39. The largest absolute Gasteiger partial charge is 0.255 e. The van der Waals surface area contributed by atoms with Gasteiger partial charge in [0.25, 0.3) is 0 Å². The van der Waals surface area contributed by atoms with Crippen LogP contribution in [0.5, 0.6) is 0 Å². The summed E-state index contributed by atoms with van der Waals surface area (Å²) >= 11 is 0. The number of pyridine rings is 1. The standard InChI is InChI=1S/C23H25N/c1-23(14-8-3-9-15-23)16-19-17-24-22(18-10-4-2-5-11-18)21-13-7-6-12-20(19)21/h2,4-7,10-13,17H,3,8-9,14-16H2,1H3. The fraction of sp³-hybridized carbons (Fsp3) is 0.348. The van der Waals surface area contributed by atoms with E-state index in [4.69, 9.17) is 4.98 Å². The molecule has 1 saturated carbocycles. The van der Waals surface area contributed by atoms with Gasteiger partial charge in [0.15, 0.2) is 0 Å². The van der Waals surface area contributed by atoms with Crippen LogP contribution in [0.3, 0.4) is 0 Å². The van der Waals surface area contributed by atoms with Crippen molar-refractivity contribution in [2.24, 2.45) is 5.41 Å². The van der Waals surface area contributed by atoms with E-state index in [-0.39, 0.29) is 0 Å². The molecule has 4 rings (SSSR count). The molecule has 2 aromatic carbocycles. The van der Waals surface area contributed by atoms with Crippen LogP contribution < -0.4 is 0 Å². The summed E-state index contributed by atoms with van der Waals surface area (Å²) in [5, 5.41) is 2.65. The monoisotopic (exact) mass is 315 g/mol. The minimum atomic E-state index is 0.441. The van der Waals surface area contributed by atoms with E-state index in [1.165, 1.54) is 54.0 Å². The van der Waals surface area contributed by atoms with Crippen molar-refractivity contribution in [1.29, 1.82) is 0 Å². The van der Waals surface area contributed by atoms with Crippen LogP contribution in [0.25, 0.3) is 22.0 Å². The summed E-state index contributed by atoms with van der Waals surface area (Å²) in [6.07, 6.45) is 10.1. The highest BCUT2D eigenvalue weighted by Crippen LogP contribution is 2.40. The number of benzene rings is 2. The molecule has 3 aromatic rings. The molecule has 1 nitrogen and oxygen atoms in total. The molecular formula is C23H25N. The SMILES string of the molecule is CC1(Cc2cnc(-c3ccccc3)c3ccccc23)CCCCC1. The van der Waals surface area contributed by atoms with E-state index < -0.39 is 0 Å². The predicted octanol–water partition coefficient (Wildman–Crippen LogP) is 6.41. The molecule has 0 radical (unpaired) electrons. The summed E-state index contributed by atoms with van der Waals surface area (Å²) in [6.45, 7) is 2.46. The molecule has 1 heterocycles. The zero-order valence-electron chi connectivity index (χ0n) is 14.5. The first-order chi connectivity index (χ1) is 11.8. The van der Waals surface area contributed by atoms with Crippen LogP contribution in [0.1, 0.15) is 44.6 Å². The number of hydrogen-bond acceptors (Lipinski definition) is 1. The quantitative estimate of drug-likeness (QED) is 0.544. The third kappa shape index (κ3) is 2.96. The fourth-order valence-electron chi connectivity index (χ4n) is 4.26. The number of fused-ring (bicyclic) bond motifs is 1. The van der Waals surface area contributed by atoms with Crippen LogP contribution in [-0.2, 0) is 6.42 Å². The molecule has 1 fully saturated rings. The van der Waals surface area contributed by atoms with Gasteiger partial charge >= 0.3 is 0 Å². The third-order valence-electron chi connectivity index (χ3n) is 5.60. The van der Waals surface area contributed by atoms with Crippen molar-refractivity contribution in [3.05, 3.63) is 66.4 Å². The first kappa shape index (κ1) is 15.4.